The van der Waals surface area contributed by atoms with Crippen molar-refractivity contribution in [1.82, 2.24) is 0 Å². The molecule has 4 heteroatoms. The second-order valence-corrected chi connectivity index (χ2v) is 2.02. The molecule has 0 aromatic rings. The van der Waals surface area contributed by atoms with Gasteiger partial charge in [0, 0.05) is 5.75 Å². The van der Waals surface area contributed by atoms with Gasteiger partial charge in [-0.1, -0.05) is 18.0 Å². The summed E-state index contributed by atoms with van der Waals surface area (Å²) < 4.78 is 19.2. The molecule has 0 heterocycles. The average molecular weight is 240 g/mol. The molecule has 0 aliphatic rings. The molecule has 0 aromatic heterocycles. The Hall–Kier alpha value is 2.16. The van der Waals surface area contributed by atoms with Crippen LogP contribution in [0.4, 0.5) is 0 Å². The van der Waals surface area contributed by atoms with Crippen molar-refractivity contribution in [2.45, 2.75) is 13.3 Å². The Morgan fingerprint density at radius 2 is 2.14 bits per heavy atom. The van der Waals surface area contributed by atoms with Crippen LogP contribution in [0.2, 0.25) is 0 Å². The van der Waals surface area contributed by atoms with Gasteiger partial charge in [0.05, 0.1) is 0 Å². The predicted octanol–water partition coefficient (Wildman–Crippen LogP) is -2.72. The minimum Gasteiger partial charge on any atom is -0.772 e. The van der Waals surface area contributed by atoms with Gasteiger partial charge >= 0.3 is 68.9 Å². The topological polar surface area (TPSA) is 40.1 Å². The maximum absolute atomic E-state index is 9.60. The van der Waals surface area contributed by atoms with Crippen molar-refractivity contribution in [3.63, 3.8) is 0 Å². The summed E-state index contributed by atoms with van der Waals surface area (Å²) in [6.45, 7) is 1.83. The molecule has 0 spiro atoms. The minimum absolute atomic E-state index is 0. The van der Waals surface area contributed by atoms with Gasteiger partial charge in [0.15, 0.2) is 0 Å². The first-order chi connectivity index (χ1) is 2.77. The fourth-order valence-electron chi connectivity index (χ4n) is 0.167. The van der Waals surface area contributed by atoms with Crippen LogP contribution in [0.5, 0.6) is 0 Å². The average Bonchev–Trinajstić information content (AvgIpc) is 1.35. The first-order valence-corrected chi connectivity index (χ1v) is 3.07. The first-order valence-electron chi connectivity index (χ1n) is 1.83. The molecule has 0 bridgehead atoms. The Kier molecular flexibility index (Phi) is 13.9. The Balaban J connectivity index is 0. The molecular weight excluding hydrogens is 233 g/mol. The molecule has 0 fully saturated rings. The Bertz CT molecular complexity index is 56.9. The quantitative estimate of drug-likeness (QED) is 0.492. The maximum Gasteiger partial charge on any atom is 1.00 e. The molecule has 0 aliphatic carbocycles. The number of rotatable bonds is 2. The van der Waals surface area contributed by atoms with Crippen molar-refractivity contribution in [3.05, 3.63) is 0 Å². The first kappa shape index (κ1) is 11.9. The van der Waals surface area contributed by atoms with Gasteiger partial charge in [-0.2, -0.15) is 0 Å². The van der Waals surface area contributed by atoms with E-state index in [0.29, 0.717) is 5.75 Å². The van der Waals surface area contributed by atoms with Crippen LogP contribution in [0, 0.1) is 0 Å². The zero-order valence-corrected chi connectivity index (χ0v) is 11.7. The molecule has 1 atom stereocenters. The number of hydrogen-bond donors (Lipinski definition) is 0. The molecule has 7 heavy (non-hydrogen) atoms. The summed E-state index contributed by atoms with van der Waals surface area (Å²) in [7, 11) is 0. The van der Waals surface area contributed by atoms with E-state index in [0.717, 1.165) is 6.42 Å². The third-order valence-electron chi connectivity index (χ3n) is 0.371. The van der Waals surface area contributed by atoms with Crippen molar-refractivity contribution < 1.29 is 77.7 Å². The van der Waals surface area contributed by atoms with Gasteiger partial charge in [-0.3, -0.25) is 4.21 Å². The zero-order valence-electron chi connectivity index (χ0n) is 4.64. The molecule has 0 amide bonds. The molecule has 2 nitrogen and oxygen atoms in total. The van der Waals surface area contributed by atoms with Crippen molar-refractivity contribution in [1.29, 1.82) is 0 Å². The molecule has 0 aromatic carbocycles. The largest absolute Gasteiger partial charge is 1.00 e. The van der Waals surface area contributed by atoms with Gasteiger partial charge in [-0.25, -0.2) is 0 Å². The number of hydrogen-bond acceptors (Lipinski definition) is 2. The van der Waals surface area contributed by atoms with Gasteiger partial charge in [-0.15, -0.1) is 0 Å². The van der Waals surface area contributed by atoms with E-state index in [4.69, 9.17) is 0 Å². The SMILES string of the molecule is CCCS(=O)[O-].[Cs+]. The van der Waals surface area contributed by atoms with Gasteiger partial charge in [-0.05, 0) is 6.42 Å². The summed E-state index contributed by atoms with van der Waals surface area (Å²) in [5.41, 5.74) is 0. The van der Waals surface area contributed by atoms with Crippen molar-refractivity contribution in [3.8, 4) is 0 Å². The Labute approximate surface area is 105 Å². The van der Waals surface area contributed by atoms with Crippen LogP contribution in [0.15, 0.2) is 0 Å². The van der Waals surface area contributed by atoms with E-state index in [2.05, 4.69) is 0 Å². The summed E-state index contributed by atoms with van der Waals surface area (Å²) in [4.78, 5) is 0. The zero-order chi connectivity index (χ0) is 4.99. The Morgan fingerprint density at radius 3 is 2.14 bits per heavy atom. The molecule has 0 aliphatic heterocycles. The third-order valence-corrected chi connectivity index (χ3v) is 1.11. The van der Waals surface area contributed by atoms with Crippen LogP contribution in [-0.4, -0.2) is 14.5 Å². The summed E-state index contributed by atoms with van der Waals surface area (Å²) in [5.74, 6) is 0.292. The van der Waals surface area contributed by atoms with E-state index in [-0.39, 0.29) is 68.9 Å². The summed E-state index contributed by atoms with van der Waals surface area (Å²) in [5, 5.41) is 0. The van der Waals surface area contributed by atoms with Crippen molar-refractivity contribution >= 4 is 11.1 Å². The van der Waals surface area contributed by atoms with Crippen LogP contribution >= 0.6 is 0 Å². The maximum atomic E-state index is 9.60. The minimum atomic E-state index is -1.82. The van der Waals surface area contributed by atoms with Gasteiger partial charge < -0.3 is 4.55 Å². The Morgan fingerprint density at radius 1 is 1.71 bits per heavy atom. The summed E-state index contributed by atoms with van der Waals surface area (Å²) in [6.07, 6.45) is 0.718. The van der Waals surface area contributed by atoms with E-state index in [9.17, 15) is 8.76 Å². The van der Waals surface area contributed by atoms with Crippen molar-refractivity contribution in [2.24, 2.45) is 0 Å². The molecule has 0 saturated heterocycles. The van der Waals surface area contributed by atoms with E-state index in [1.165, 1.54) is 0 Å². The molecule has 38 valence electrons. The standard InChI is InChI=1S/C3H8O2S.Cs/c1-2-3-6(4)5;/h2-3H2,1H3,(H,4,5);/q;+1/p-1. The third kappa shape index (κ3) is 11.6. The van der Waals surface area contributed by atoms with E-state index in [1.807, 2.05) is 6.92 Å². The van der Waals surface area contributed by atoms with Gasteiger partial charge in [0.1, 0.15) is 0 Å². The normalized spacial score (nSPS) is 12.3. The molecule has 0 N–H and O–H groups in total. The fraction of sp³-hybridized carbons (Fsp3) is 1.00. The molecule has 0 radical (unpaired) electrons. The van der Waals surface area contributed by atoms with Crippen LogP contribution < -0.4 is 68.9 Å². The molecule has 0 rings (SSSR count). The fourth-order valence-corrected chi connectivity index (χ4v) is 0.500. The van der Waals surface area contributed by atoms with Gasteiger partial charge in [0.25, 0.3) is 0 Å². The summed E-state index contributed by atoms with van der Waals surface area (Å²) in [6, 6.07) is 0. The summed E-state index contributed by atoms with van der Waals surface area (Å²) >= 11 is -1.82. The van der Waals surface area contributed by atoms with Crippen LogP contribution in [0.1, 0.15) is 13.3 Å². The van der Waals surface area contributed by atoms with Crippen LogP contribution in [0.25, 0.3) is 0 Å². The molecule has 1 unspecified atom stereocenters. The molecule has 0 saturated carbocycles. The van der Waals surface area contributed by atoms with E-state index < -0.39 is 11.1 Å². The second-order valence-electron chi connectivity index (χ2n) is 1.01. The predicted molar refractivity (Wildman–Crippen MR) is 24.1 cm³/mol. The van der Waals surface area contributed by atoms with E-state index in [1.54, 1.807) is 0 Å². The van der Waals surface area contributed by atoms with Crippen LogP contribution in [-0.2, 0) is 11.1 Å². The van der Waals surface area contributed by atoms with Crippen molar-refractivity contribution in [2.75, 3.05) is 5.75 Å². The molecular formula is C3H7CsO2S. The van der Waals surface area contributed by atoms with E-state index >= 15 is 0 Å². The second kappa shape index (κ2) is 8.16. The van der Waals surface area contributed by atoms with Crippen LogP contribution in [0.3, 0.4) is 0 Å². The smallest absolute Gasteiger partial charge is 0.772 e. The van der Waals surface area contributed by atoms with Gasteiger partial charge in [0.2, 0.25) is 0 Å². The monoisotopic (exact) mass is 240 g/mol.